The lowest BCUT2D eigenvalue weighted by Crippen LogP contribution is -2.26. The zero-order valence-electron chi connectivity index (χ0n) is 14.8. The van der Waals surface area contributed by atoms with Gasteiger partial charge >= 0.3 is 0 Å². The van der Waals surface area contributed by atoms with Crippen molar-refractivity contribution in [3.05, 3.63) is 76.4 Å². The number of hydrogen-bond donors (Lipinski definition) is 3. The number of non-ortho nitro benzene ring substituents is 1. The molecule has 0 saturated heterocycles. The number of nitro groups is 1. The molecule has 8 heteroatoms. The quantitative estimate of drug-likeness (QED) is 0.377. The maximum absolute atomic E-state index is 12.2. The minimum absolute atomic E-state index is 0.103. The Labute approximate surface area is 156 Å². The molecule has 0 aromatic heterocycles. The molecule has 2 aromatic carbocycles. The van der Waals surface area contributed by atoms with Gasteiger partial charge in [-0.05, 0) is 24.6 Å². The molecule has 140 valence electrons. The summed E-state index contributed by atoms with van der Waals surface area (Å²) in [5.41, 5.74) is 1.88. The van der Waals surface area contributed by atoms with Gasteiger partial charge in [-0.1, -0.05) is 24.3 Å². The molecule has 0 fully saturated rings. The summed E-state index contributed by atoms with van der Waals surface area (Å²) < 4.78 is 0. The van der Waals surface area contributed by atoms with Crippen LogP contribution in [-0.2, 0) is 4.79 Å². The van der Waals surface area contributed by atoms with Crippen LogP contribution in [0.3, 0.4) is 0 Å². The Hall–Kier alpha value is -3.68. The summed E-state index contributed by atoms with van der Waals surface area (Å²) in [6.45, 7) is 5.52. The highest BCUT2D eigenvalue weighted by atomic mass is 16.6. The molecule has 3 N–H and O–H groups in total. The fourth-order valence-corrected chi connectivity index (χ4v) is 2.32. The van der Waals surface area contributed by atoms with Crippen molar-refractivity contribution in [2.45, 2.75) is 6.92 Å². The molecule has 0 atom stereocenters. The molecule has 0 aliphatic heterocycles. The highest BCUT2D eigenvalue weighted by Gasteiger charge is 2.13. The monoisotopic (exact) mass is 368 g/mol. The van der Waals surface area contributed by atoms with Crippen molar-refractivity contribution in [3.63, 3.8) is 0 Å². The van der Waals surface area contributed by atoms with Crippen molar-refractivity contribution in [1.82, 2.24) is 5.32 Å². The molecule has 0 bridgehead atoms. The number of anilines is 2. The normalized spacial score (nSPS) is 9.96. The fraction of sp³-hybridized carbons (Fsp3) is 0.158. The van der Waals surface area contributed by atoms with E-state index >= 15 is 0 Å². The molecule has 2 rings (SSSR count). The molecule has 0 heterocycles. The van der Waals surface area contributed by atoms with Gasteiger partial charge in [0.15, 0.2) is 0 Å². The van der Waals surface area contributed by atoms with E-state index in [4.69, 9.17) is 0 Å². The van der Waals surface area contributed by atoms with Crippen LogP contribution in [-0.4, -0.2) is 29.8 Å². The van der Waals surface area contributed by atoms with Crippen molar-refractivity contribution >= 4 is 28.9 Å². The predicted octanol–water partition coefficient (Wildman–Crippen LogP) is 2.87. The van der Waals surface area contributed by atoms with Crippen LogP contribution in [0.2, 0.25) is 0 Å². The Bertz CT molecular complexity index is 880. The van der Waals surface area contributed by atoms with Crippen LogP contribution in [0.1, 0.15) is 15.9 Å². The van der Waals surface area contributed by atoms with Crippen LogP contribution < -0.4 is 16.0 Å². The molecule has 8 nitrogen and oxygen atoms in total. The van der Waals surface area contributed by atoms with E-state index in [0.29, 0.717) is 29.0 Å². The van der Waals surface area contributed by atoms with Crippen LogP contribution in [0.4, 0.5) is 17.1 Å². The second kappa shape index (κ2) is 9.14. The minimum Gasteiger partial charge on any atom is -0.376 e. The van der Waals surface area contributed by atoms with Crippen molar-refractivity contribution in [3.8, 4) is 0 Å². The number of benzene rings is 2. The molecule has 2 aromatic rings. The van der Waals surface area contributed by atoms with Gasteiger partial charge in [0.05, 0.1) is 22.7 Å². The molecule has 0 unspecified atom stereocenters. The summed E-state index contributed by atoms with van der Waals surface area (Å²) in [6, 6.07) is 11.1. The van der Waals surface area contributed by atoms with Crippen LogP contribution >= 0.6 is 0 Å². The number of carbonyl (C=O) groups excluding carboxylic acids is 2. The highest BCUT2D eigenvalue weighted by molar-refractivity contribution is 6.01. The van der Waals surface area contributed by atoms with E-state index < -0.39 is 4.92 Å². The van der Waals surface area contributed by atoms with E-state index in [1.54, 1.807) is 43.3 Å². The van der Waals surface area contributed by atoms with Crippen LogP contribution in [0.5, 0.6) is 0 Å². The van der Waals surface area contributed by atoms with Crippen molar-refractivity contribution in [2.24, 2.45) is 0 Å². The number of nitrogens with zero attached hydrogens (tertiary/aromatic N) is 1. The zero-order chi connectivity index (χ0) is 19.8. The van der Waals surface area contributed by atoms with E-state index in [2.05, 4.69) is 22.5 Å². The lowest BCUT2D eigenvalue weighted by Gasteiger charge is -2.12. The molecular weight excluding hydrogens is 348 g/mol. The summed E-state index contributed by atoms with van der Waals surface area (Å²) in [7, 11) is 0. The van der Waals surface area contributed by atoms with Crippen molar-refractivity contribution in [1.29, 1.82) is 0 Å². The first-order valence-corrected chi connectivity index (χ1v) is 8.19. The second-order valence-electron chi connectivity index (χ2n) is 5.70. The zero-order valence-corrected chi connectivity index (χ0v) is 14.8. The largest absolute Gasteiger partial charge is 0.376 e. The number of rotatable bonds is 8. The summed E-state index contributed by atoms with van der Waals surface area (Å²) in [5, 5.41) is 19.1. The van der Waals surface area contributed by atoms with E-state index in [-0.39, 0.29) is 24.0 Å². The Morgan fingerprint density at radius 2 is 1.93 bits per heavy atom. The van der Waals surface area contributed by atoms with Crippen LogP contribution in [0, 0.1) is 17.0 Å². The predicted molar refractivity (Wildman–Crippen MR) is 104 cm³/mol. The maximum Gasteiger partial charge on any atom is 0.271 e. The standard InChI is InChI=1S/C19H20N4O4/c1-3-10-20-19(25)15-6-4-5-7-16(15)21-12-18(24)22-17-11-14(23(26)27)9-8-13(17)2/h3-9,11,21H,1,10,12H2,2H3,(H,20,25)(H,22,24). The average Bonchev–Trinajstić information content (AvgIpc) is 2.66. The van der Waals surface area contributed by atoms with Gasteiger partial charge in [-0.2, -0.15) is 0 Å². The van der Waals surface area contributed by atoms with Gasteiger partial charge < -0.3 is 16.0 Å². The molecule has 0 saturated carbocycles. The van der Waals surface area contributed by atoms with Crippen molar-refractivity contribution < 1.29 is 14.5 Å². The third-order valence-electron chi connectivity index (χ3n) is 3.72. The highest BCUT2D eigenvalue weighted by Crippen LogP contribution is 2.22. The fourth-order valence-electron chi connectivity index (χ4n) is 2.32. The number of nitrogens with one attached hydrogen (secondary N) is 3. The van der Waals surface area contributed by atoms with Crippen LogP contribution in [0.25, 0.3) is 0 Å². The van der Waals surface area contributed by atoms with Crippen molar-refractivity contribution in [2.75, 3.05) is 23.7 Å². The van der Waals surface area contributed by atoms with Gasteiger partial charge in [0.2, 0.25) is 5.91 Å². The Morgan fingerprint density at radius 3 is 2.63 bits per heavy atom. The minimum atomic E-state index is -0.522. The third-order valence-corrected chi connectivity index (χ3v) is 3.72. The number of aryl methyl sites for hydroxylation is 1. The van der Waals surface area contributed by atoms with E-state index in [1.807, 2.05) is 0 Å². The average molecular weight is 368 g/mol. The molecular formula is C19H20N4O4. The first-order valence-electron chi connectivity index (χ1n) is 8.19. The van der Waals surface area contributed by atoms with Crippen LogP contribution in [0.15, 0.2) is 55.1 Å². The molecule has 27 heavy (non-hydrogen) atoms. The summed E-state index contributed by atoms with van der Waals surface area (Å²) in [4.78, 5) is 34.7. The van der Waals surface area contributed by atoms with E-state index in [1.165, 1.54) is 12.1 Å². The van der Waals surface area contributed by atoms with Gasteiger partial charge in [0.1, 0.15) is 0 Å². The number of amides is 2. The van der Waals surface area contributed by atoms with E-state index in [0.717, 1.165) is 0 Å². The lowest BCUT2D eigenvalue weighted by molar-refractivity contribution is -0.384. The van der Waals surface area contributed by atoms with E-state index in [9.17, 15) is 19.7 Å². The second-order valence-corrected chi connectivity index (χ2v) is 5.70. The number of hydrogen-bond acceptors (Lipinski definition) is 5. The number of nitro benzene ring substituents is 1. The lowest BCUT2D eigenvalue weighted by atomic mass is 10.1. The Morgan fingerprint density at radius 1 is 1.19 bits per heavy atom. The molecule has 0 aliphatic rings. The Kier molecular flexibility index (Phi) is 6.65. The SMILES string of the molecule is C=CCNC(=O)c1ccccc1NCC(=O)Nc1cc([N+](=O)[O-])ccc1C. The number of carbonyl (C=O) groups is 2. The smallest absolute Gasteiger partial charge is 0.271 e. The van der Waals surface area contributed by atoms with Gasteiger partial charge in [-0.25, -0.2) is 0 Å². The first-order chi connectivity index (χ1) is 12.9. The number of para-hydroxylation sites is 1. The first kappa shape index (κ1) is 19.6. The molecule has 0 radical (unpaired) electrons. The summed E-state index contributed by atoms with van der Waals surface area (Å²) >= 11 is 0. The molecule has 0 spiro atoms. The van der Waals surface area contributed by atoms with Gasteiger partial charge in [0.25, 0.3) is 11.6 Å². The Balaban J connectivity index is 2.04. The topological polar surface area (TPSA) is 113 Å². The summed E-state index contributed by atoms with van der Waals surface area (Å²) in [5.74, 6) is -0.673. The molecule has 0 aliphatic carbocycles. The van der Waals surface area contributed by atoms with Gasteiger partial charge in [-0.3, -0.25) is 19.7 Å². The van der Waals surface area contributed by atoms with Gasteiger partial charge in [-0.15, -0.1) is 6.58 Å². The maximum atomic E-state index is 12.2. The molecule has 2 amide bonds. The summed E-state index contributed by atoms with van der Waals surface area (Å²) in [6.07, 6.45) is 1.57. The third kappa shape index (κ3) is 5.40. The van der Waals surface area contributed by atoms with Gasteiger partial charge in [0, 0.05) is 24.4 Å².